The van der Waals surface area contributed by atoms with Crippen LogP contribution in [0.3, 0.4) is 0 Å². The van der Waals surface area contributed by atoms with Gasteiger partial charge in [-0.15, -0.1) is 0 Å². The first-order valence-corrected chi connectivity index (χ1v) is 8.99. The molecule has 0 spiro atoms. The van der Waals surface area contributed by atoms with Gasteiger partial charge < -0.3 is 9.80 Å². The highest BCUT2D eigenvalue weighted by Gasteiger charge is 2.17. The molecule has 4 heterocycles. The summed E-state index contributed by atoms with van der Waals surface area (Å²) in [4.78, 5) is 14.4. The molecule has 4 rings (SSSR count). The molecular weight excluding hydrogens is 280 g/mol. The lowest BCUT2D eigenvalue weighted by molar-refractivity contribution is 0.573. The predicted octanol–water partition coefficient (Wildman–Crippen LogP) is 3.67. The van der Waals surface area contributed by atoms with E-state index < -0.39 is 0 Å². The quantitative estimate of drug-likeness (QED) is 0.847. The smallest absolute Gasteiger partial charge is 0.188 e. The van der Waals surface area contributed by atoms with Gasteiger partial charge in [0.15, 0.2) is 10.8 Å². The molecule has 2 aromatic rings. The Labute approximate surface area is 129 Å². The molecule has 0 N–H and O–H groups in total. The minimum absolute atomic E-state index is 0.934. The van der Waals surface area contributed by atoms with Gasteiger partial charge in [-0.3, -0.25) is 0 Å². The molecule has 0 radical (unpaired) electrons. The van der Waals surface area contributed by atoms with Crippen LogP contribution in [0.5, 0.6) is 0 Å². The fraction of sp³-hybridized carbons (Fsp3) is 0.625. The van der Waals surface area contributed by atoms with Crippen LogP contribution in [0.15, 0.2) is 12.1 Å². The van der Waals surface area contributed by atoms with Crippen molar-refractivity contribution in [1.29, 1.82) is 0 Å². The molecule has 0 bridgehead atoms. The monoisotopic (exact) mass is 302 g/mol. The maximum atomic E-state index is 4.81. The average molecular weight is 302 g/mol. The Morgan fingerprint density at radius 3 is 2.14 bits per heavy atom. The van der Waals surface area contributed by atoms with Crippen LogP contribution in [0.1, 0.15) is 38.5 Å². The first-order valence-electron chi connectivity index (χ1n) is 8.18. The maximum Gasteiger partial charge on any atom is 0.188 e. The van der Waals surface area contributed by atoms with E-state index in [1.54, 1.807) is 11.3 Å². The summed E-state index contributed by atoms with van der Waals surface area (Å²) in [5, 5.41) is 1.16. The van der Waals surface area contributed by atoms with Crippen molar-refractivity contribution in [2.45, 2.75) is 38.5 Å². The van der Waals surface area contributed by atoms with E-state index in [0.717, 1.165) is 42.8 Å². The number of anilines is 2. The molecule has 2 fully saturated rings. The van der Waals surface area contributed by atoms with Crippen molar-refractivity contribution >= 4 is 32.6 Å². The molecule has 0 unspecified atom stereocenters. The molecule has 2 aliphatic heterocycles. The Kier molecular flexibility index (Phi) is 3.67. The Hall–Kier alpha value is -1.36. The first kappa shape index (κ1) is 13.3. The summed E-state index contributed by atoms with van der Waals surface area (Å²) in [5.74, 6) is 1.11. The second-order valence-corrected chi connectivity index (χ2v) is 7.09. The van der Waals surface area contributed by atoms with E-state index >= 15 is 0 Å². The molecule has 0 atom stereocenters. The molecule has 0 aromatic carbocycles. The van der Waals surface area contributed by atoms with Crippen LogP contribution in [0.2, 0.25) is 0 Å². The van der Waals surface area contributed by atoms with E-state index in [9.17, 15) is 0 Å². The highest BCUT2D eigenvalue weighted by molar-refractivity contribution is 7.22. The lowest BCUT2D eigenvalue weighted by Gasteiger charge is -2.27. The van der Waals surface area contributed by atoms with Crippen molar-refractivity contribution in [3.05, 3.63) is 12.1 Å². The third-order valence-electron chi connectivity index (χ3n) is 4.53. The topological polar surface area (TPSA) is 32.3 Å². The third kappa shape index (κ3) is 2.71. The summed E-state index contributed by atoms with van der Waals surface area (Å²) in [5.41, 5.74) is 0.934. The van der Waals surface area contributed by atoms with Crippen LogP contribution < -0.4 is 9.80 Å². The number of aromatic nitrogens is 2. The molecule has 0 amide bonds. The van der Waals surface area contributed by atoms with Crippen molar-refractivity contribution in [3.63, 3.8) is 0 Å². The summed E-state index contributed by atoms with van der Waals surface area (Å²) < 4.78 is 1.22. The lowest BCUT2D eigenvalue weighted by Crippen LogP contribution is -2.30. The Morgan fingerprint density at radius 1 is 0.762 bits per heavy atom. The number of rotatable bonds is 2. The van der Waals surface area contributed by atoms with Gasteiger partial charge in [-0.1, -0.05) is 11.3 Å². The van der Waals surface area contributed by atoms with Gasteiger partial charge in [0.05, 0.1) is 4.70 Å². The Balaban J connectivity index is 1.61. The minimum atomic E-state index is 0.934. The zero-order valence-corrected chi connectivity index (χ0v) is 13.2. The van der Waals surface area contributed by atoms with Gasteiger partial charge in [0.25, 0.3) is 0 Å². The predicted molar refractivity (Wildman–Crippen MR) is 89.5 cm³/mol. The standard InChI is InChI=1S/C16H22N4S/c1-3-9-19(10-4-1)14-8-7-13-15(17-14)18-16(21-13)20-11-5-2-6-12-20/h7-8H,1-6,9-12H2. The average Bonchev–Trinajstić information content (AvgIpc) is 2.99. The minimum Gasteiger partial charge on any atom is -0.357 e. The first-order chi connectivity index (χ1) is 10.4. The molecular formula is C16H22N4S. The van der Waals surface area contributed by atoms with E-state index in [-0.39, 0.29) is 0 Å². The van der Waals surface area contributed by atoms with Crippen molar-refractivity contribution in [2.75, 3.05) is 36.0 Å². The van der Waals surface area contributed by atoms with Gasteiger partial charge in [0, 0.05) is 26.2 Å². The summed E-state index contributed by atoms with van der Waals surface area (Å²) in [6.07, 6.45) is 7.88. The Morgan fingerprint density at radius 2 is 1.43 bits per heavy atom. The molecule has 2 saturated heterocycles. The van der Waals surface area contributed by atoms with E-state index in [2.05, 4.69) is 21.9 Å². The molecule has 112 valence electrons. The number of pyridine rings is 1. The number of hydrogen-bond donors (Lipinski definition) is 0. The summed E-state index contributed by atoms with van der Waals surface area (Å²) >= 11 is 1.79. The fourth-order valence-corrected chi connectivity index (χ4v) is 4.28. The second kappa shape index (κ2) is 5.79. The summed E-state index contributed by atoms with van der Waals surface area (Å²) in [6, 6.07) is 4.38. The molecule has 21 heavy (non-hydrogen) atoms. The zero-order chi connectivity index (χ0) is 14.1. The van der Waals surface area contributed by atoms with Crippen LogP contribution in [0.4, 0.5) is 10.9 Å². The molecule has 0 saturated carbocycles. The highest BCUT2D eigenvalue weighted by Crippen LogP contribution is 2.31. The van der Waals surface area contributed by atoms with Crippen LogP contribution in [0.25, 0.3) is 10.3 Å². The Bertz CT molecular complexity index is 596. The van der Waals surface area contributed by atoms with E-state index in [1.165, 1.54) is 43.2 Å². The van der Waals surface area contributed by atoms with Crippen molar-refractivity contribution in [1.82, 2.24) is 9.97 Å². The van der Waals surface area contributed by atoms with Crippen molar-refractivity contribution < 1.29 is 0 Å². The van der Waals surface area contributed by atoms with Gasteiger partial charge in [0.1, 0.15) is 5.82 Å². The lowest BCUT2D eigenvalue weighted by atomic mass is 10.1. The number of hydrogen-bond acceptors (Lipinski definition) is 5. The normalized spacial score (nSPS) is 20.2. The van der Waals surface area contributed by atoms with Gasteiger partial charge in [-0.25, -0.2) is 4.98 Å². The number of piperidine rings is 2. The van der Waals surface area contributed by atoms with E-state index in [4.69, 9.17) is 9.97 Å². The van der Waals surface area contributed by atoms with E-state index in [1.807, 2.05) is 0 Å². The van der Waals surface area contributed by atoms with Crippen LogP contribution >= 0.6 is 11.3 Å². The summed E-state index contributed by atoms with van der Waals surface area (Å²) in [6.45, 7) is 4.58. The van der Waals surface area contributed by atoms with Gasteiger partial charge in [-0.05, 0) is 50.7 Å². The van der Waals surface area contributed by atoms with Gasteiger partial charge in [-0.2, -0.15) is 4.98 Å². The van der Waals surface area contributed by atoms with Crippen molar-refractivity contribution in [2.24, 2.45) is 0 Å². The number of fused-ring (bicyclic) bond motifs is 1. The third-order valence-corrected chi connectivity index (χ3v) is 5.60. The van der Waals surface area contributed by atoms with Crippen LogP contribution in [-0.2, 0) is 0 Å². The van der Waals surface area contributed by atoms with Crippen LogP contribution in [-0.4, -0.2) is 36.1 Å². The highest BCUT2D eigenvalue weighted by atomic mass is 32.1. The second-order valence-electron chi connectivity index (χ2n) is 6.08. The molecule has 2 aromatic heterocycles. The summed E-state index contributed by atoms with van der Waals surface area (Å²) in [7, 11) is 0. The van der Waals surface area contributed by atoms with E-state index in [0.29, 0.717) is 0 Å². The van der Waals surface area contributed by atoms with Gasteiger partial charge >= 0.3 is 0 Å². The van der Waals surface area contributed by atoms with Crippen LogP contribution in [0, 0.1) is 0 Å². The maximum absolute atomic E-state index is 4.81. The SMILES string of the molecule is c1cc2sc(N3CCCCC3)nc2nc1N1CCCCC1. The fourth-order valence-electron chi connectivity index (χ4n) is 3.32. The number of thiazole rings is 1. The molecule has 4 nitrogen and oxygen atoms in total. The molecule has 2 aliphatic rings. The van der Waals surface area contributed by atoms with Crippen molar-refractivity contribution in [3.8, 4) is 0 Å². The largest absolute Gasteiger partial charge is 0.357 e. The zero-order valence-electron chi connectivity index (χ0n) is 12.4. The number of nitrogens with zero attached hydrogens (tertiary/aromatic N) is 4. The molecule has 0 aliphatic carbocycles. The van der Waals surface area contributed by atoms with Gasteiger partial charge in [0.2, 0.25) is 0 Å². The molecule has 5 heteroatoms.